The Labute approximate surface area is 117 Å². The van der Waals surface area contributed by atoms with E-state index in [1.165, 1.54) is 0 Å². The van der Waals surface area contributed by atoms with Crippen molar-refractivity contribution in [2.24, 2.45) is 11.7 Å². The van der Waals surface area contributed by atoms with E-state index in [-0.39, 0.29) is 0 Å². The Morgan fingerprint density at radius 1 is 1.35 bits per heavy atom. The van der Waals surface area contributed by atoms with Crippen molar-refractivity contribution < 1.29 is 4.74 Å². The third kappa shape index (κ3) is 5.38. The predicted octanol–water partition coefficient (Wildman–Crippen LogP) is 3.70. The van der Waals surface area contributed by atoms with Crippen LogP contribution in [0, 0.1) is 5.92 Å². The summed E-state index contributed by atoms with van der Waals surface area (Å²) in [6.45, 7) is 3.47. The number of rotatable bonds is 7. The predicted molar refractivity (Wildman–Crippen MR) is 77.5 cm³/mol. The number of ether oxygens (including phenoxy) is 1. The number of hydrogen-bond acceptors (Lipinski definition) is 3. The van der Waals surface area contributed by atoms with E-state index in [1.54, 1.807) is 18.2 Å². The second-order valence-corrected chi connectivity index (χ2v) is 5.78. The average Bonchev–Trinajstić information content (AvgIpc) is 2.31. The number of halogens is 2. The number of para-hydroxylation sites is 1. The van der Waals surface area contributed by atoms with Crippen LogP contribution in [0.1, 0.15) is 6.92 Å². The van der Waals surface area contributed by atoms with E-state index in [1.807, 2.05) is 11.8 Å². The van der Waals surface area contributed by atoms with Gasteiger partial charge in [0.1, 0.15) is 0 Å². The average molecular weight is 294 g/mol. The zero-order chi connectivity index (χ0) is 12.7. The Morgan fingerprint density at radius 3 is 2.59 bits per heavy atom. The quantitative estimate of drug-likeness (QED) is 0.779. The molecule has 0 heterocycles. The molecule has 1 rings (SSSR count). The molecule has 0 spiro atoms. The highest BCUT2D eigenvalue weighted by Crippen LogP contribution is 2.32. The molecule has 0 amide bonds. The third-order valence-electron chi connectivity index (χ3n) is 2.20. The van der Waals surface area contributed by atoms with Gasteiger partial charge >= 0.3 is 0 Å². The molecule has 1 aromatic carbocycles. The van der Waals surface area contributed by atoms with Crippen LogP contribution < -0.4 is 10.5 Å². The van der Waals surface area contributed by atoms with Gasteiger partial charge in [0.2, 0.25) is 0 Å². The molecule has 0 aromatic heterocycles. The molecule has 96 valence electrons. The van der Waals surface area contributed by atoms with Crippen molar-refractivity contribution in [3.8, 4) is 5.75 Å². The maximum atomic E-state index is 5.98. The van der Waals surface area contributed by atoms with Crippen LogP contribution in [-0.2, 0) is 0 Å². The molecule has 0 aliphatic carbocycles. The first-order valence-corrected chi connectivity index (χ1v) is 7.40. The molecule has 5 heteroatoms. The van der Waals surface area contributed by atoms with Crippen LogP contribution in [0.15, 0.2) is 18.2 Å². The van der Waals surface area contributed by atoms with Gasteiger partial charge in [-0.3, -0.25) is 0 Å². The van der Waals surface area contributed by atoms with E-state index in [2.05, 4.69) is 6.92 Å². The Hall–Kier alpha value is -0.0900. The molecule has 1 atom stereocenters. The molecule has 0 saturated carbocycles. The SMILES string of the molecule is CC(CN)CSCCOc1c(Cl)cccc1Cl. The molecule has 2 N–H and O–H groups in total. The van der Waals surface area contributed by atoms with Crippen LogP contribution in [0.25, 0.3) is 0 Å². The van der Waals surface area contributed by atoms with Crippen LogP contribution in [0.3, 0.4) is 0 Å². The minimum atomic E-state index is 0.545. The van der Waals surface area contributed by atoms with Gasteiger partial charge in [0.05, 0.1) is 16.7 Å². The van der Waals surface area contributed by atoms with Crippen LogP contribution >= 0.6 is 35.0 Å². The van der Waals surface area contributed by atoms with E-state index in [0.717, 1.165) is 18.1 Å². The summed E-state index contributed by atoms with van der Waals surface area (Å²) >= 11 is 13.8. The summed E-state index contributed by atoms with van der Waals surface area (Å²) in [5.41, 5.74) is 5.54. The second-order valence-electron chi connectivity index (χ2n) is 3.82. The zero-order valence-electron chi connectivity index (χ0n) is 9.79. The van der Waals surface area contributed by atoms with E-state index in [9.17, 15) is 0 Å². The zero-order valence-corrected chi connectivity index (χ0v) is 12.1. The standard InChI is InChI=1S/C12H17Cl2NOS/c1-9(7-15)8-17-6-5-16-12-10(13)3-2-4-11(12)14/h2-4,9H,5-8,15H2,1H3. The van der Waals surface area contributed by atoms with E-state index < -0.39 is 0 Å². The van der Waals surface area contributed by atoms with Gasteiger partial charge in [-0.2, -0.15) is 11.8 Å². The lowest BCUT2D eigenvalue weighted by Gasteiger charge is -2.10. The van der Waals surface area contributed by atoms with Gasteiger partial charge < -0.3 is 10.5 Å². The molecular weight excluding hydrogens is 277 g/mol. The topological polar surface area (TPSA) is 35.2 Å². The molecule has 0 fully saturated rings. The van der Waals surface area contributed by atoms with Crippen LogP contribution in [0.5, 0.6) is 5.75 Å². The Kier molecular flexibility index (Phi) is 7.12. The molecule has 0 radical (unpaired) electrons. The van der Waals surface area contributed by atoms with E-state index in [4.69, 9.17) is 33.7 Å². The summed E-state index contributed by atoms with van der Waals surface area (Å²) in [6.07, 6.45) is 0. The maximum Gasteiger partial charge on any atom is 0.156 e. The van der Waals surface area contributed by atoms with Crippen molar-refractivity contribution in [2.75, 3.05) is 24.7 Å². The molecule has 0 bridgehead atoms. The Balaban J connectivity index is 2.27. The van der Waals surface area contributed by atoms with Crippen LogP contribution in [0.4, 0.5) is 0 Å². The summed E-state index contributed by atoms with van der Waals surface area (Å²) in [5, 5.41) is 1.11. The highest BCUT2D eigenvalue weighted by molar-refractivity contribution is 7.99. The van der Waals surface area contributed by atoms with Gasteiger partial charge in [0.25, 0.3) is 0 Å². The Bertz CT molecular complexity index is 329. The molecule has 2 nitrogen and oxygen atoms in total. The van der Waals surface area contributed by atoms with E-state index in [0.29, 0.717) is 28.3 Å². The van der Waals surface area contributed by atoms with Crippen molar-refractivity contribution in [1.29, 1.82) is 0 Å². The molecule has 0 aliphatic heterocycles. The summed E-state index contributed by atoms with van der Waals surface area (Å²) < 4.78 is 5.57. The number of nitrogens with two attached hydrogens (primary N) is 1. The van der Waals surface area contributed by atoms with Gasteiger partial charge in [0, 0.05) is 5.75 Å². The van der Waals surface area contributed by atoms with Crippen LogP contribution in [0.2, 0.25) is 10.0 Å². The molecule has 0 aliphatic rings. The third-order valence-corrected chi connectivity index (χ3v) is 4.05. The van der Waals surface area contributed by atoms with Crippen molar-refractivity contribution in [2.45, 2.75) is 6.92 Å². The first-order chi connectivity index (χ1) is 8.15. The van der Waals surface area contributed by atoms with Crippen molar-refractivity contribution in [3.05, 3.63) is 28.2 Å². The summed E-state index contributed by atoms with van der Waals surface area (Å²) in [4.78, 5) is 0. The number of thioether (sulfide) groups is 1. The van der Waals surface area contributed by atoms with Crippen molar-refractivity contribution in [3.63, 3.8) is 0 Å². The largest absolute Gasteiger partial charge is 0.490 e. The minimum absolute atomic E-state index is 0.545. The number of hydrogen-bond donors (Lipinski definition) is 1. The smallest absolute Gasteiger partial charge is 0.156 e. The summed E-state index contributed by atoms with van der Waals surface area (Å²) in [5.74, 6) is 3.08. The van der Waals surface area contributed by atoms with Gasteiger partial charge in [-0.25, -0.2) is 0 Å². The van der Waals surface area contributed by atoms with Gasteiger partial charge in [-0.05, 0) is 30.3 Å². The minimum Gasteiger partial charge on any atom is -0.490 e. The lowest BCUT2D eigenvalue weighted by molar-refractivity contribution is 0.344. The first-order valence-electron chi connectivity index (χ1n) is 5.49. The van der Waals surface area contributed by atoms with Gasteiger partial charge in [-0.1, -0.05) is 36.2 Å². The van der Waals surface area contributed by atoms with E-state index >= 15 is 0 Å². The number of benzene rings is 1. The molecule has 17 heavy (non-hydrogen) atoms. The second kappa shape index (κ2) is 8.09. The monoisotopic (exact) mass is 293 g/mol. The van der Waals surface area contributed by atoms with Crippen molar-refractivity contribution >= 4 is 35.0 Å². The summed E-state index contributed by atoms with van der Waals surface area (Å²) in [7, 11) is 0. The summed E-state index contributed by atoms with van der Waals surface area (Å²) in [6, 6.07) is 5.34. The fourth-order valence-electron chi connectivity index (χ4n) is 1.18. The Morgan fingerprint density at radius 2 is 2.00 bits per heavy atom. The normalized spacial score (nSPS) is 12.5. The highest BCUT2D eigenvalue weighted by atomic mass is 35.5. The molecule has 1 aromatic rings. The lowest BCUT2D eigenvalue weighted by atomic mass is 10.2. The fourth-order valence-corrected chi connectivity index (χ4v) is 2.59. The fraction of sp³-hybridized carbons (Fsp3) is 0.500. The van der Waals surface area contributed by atoms with Crippen molar-refractivity contribution in [1.82, 2.24) is 0 Å². The highest BCUT2D eigenvalue weighted by Gasteiger charge is 2.06. The van der Waals surface area contributed by atoms with Gasteiger partial charge in [-0.15, -0.1) is 0 Å². The van der Waals surface area contributed by atoms with Crippen LogP contribution in [-0.4, -0.2) is 24.7 Å². The van der Waals surface area contributed by atoms with Gasteiger partial charge in [0.15, 0.2) is 5.75 Å². The molecule has 1 unspecified atom stereocenters. The lowest BCUT2D eigenvalue weighted by Crippen LogP contribution is -2.13. The first kappa shape index (κ1) is 15.0. The molecular formula is C12H17Cl2NOS. The maximum absolute atomic E-state index is 5.98. The molecule has 0 saturated heterocycles.